The molecule has 1 unspecified atom stereocenters. The molecule has 0 radical (unpaired) electrons. The van der Waals surface area contributed by atoms with Gasteiger partial charge in [-0.3, -0.25) is 4.79 Å². The first-order valence-corrected chi connectivity index (χ1v) is 5.92. The van der Waals surface area contributed by atoms with E-state index in [0.29, 0.717) is 24.6 Å². The van der Waals surface area contributed by atoms with E-state index >= 15 is 0 Å². The fourth-order valence-corrected chi connectivity index (χ4v) is 2.17. The Morgan fingerprint density at radius 2 is 2.17 bits per heavy atom. The number of carbonyl (C=O) groups is 1. The molecular formula is C13H18ClFN2O. The number of likely N-dealkylation sites (tertiary alicyclic amines) is 1. The summed E-state index contributed by atoms with van der Waals surface area (Å²) in [4.78, 5) is 13.7. The Bertz CT molecular complexity index is 414. The van der Waals surface area contributed by atoms with E-state index in [2.05, 4.69) is 0 Å². The molecule has 1 fully saturated rings. The number of hydrogen-bond donors (Lipinski definition) is 1. The number of rotatable bonds is 3. The van der Waals surface area contributed by atoms with Gasteiger partial charge in [-0.1, -0.05) is 18.2 Å². The third kappa shape index (κ3) is 3.43. The zero-order valence-electron chi connectivity index (χ0n) is 10.1. The van der Waals surface area contributed by atoms with Gasteiger partial charge >= 0.3 is 0 Å². The number of halogens is 2. The van der Waals surface area contributed by atoms with Crippen LogP contribution in [0.15, 0.2) is 24.3 Å². The summed E-state index contributed by atoms with van der Waals surface area (Å²) in [6, 6.07) is 6.42. The maximum Gasteiger partial charge on any atom is 0.227 e. The average Bonchev–Trinajstić information content (AvgIpc) is 2.81. The van der Waals surface area contributed by atoms with Gasteiger partial charge in [-0.05, 0) is 30.5 Å². The standard InChI is InChI=1S/C13H17FN2O.ClH/c14-12-4-2-1-3-11(12)7-13(17)16-6-5-10(8-15)9-16;/h1-4,10H,5-9,15H2;1H. The summed E-state index contributed by atoms with van der Waals surface area (Å²) in [5.74, 6) is 0.0843. The second-order valence-electron chi connectivity index (χ2n) is 4.50. The molecule has 100 valence electrons. The van der Waals surface area contributed by atoms with Gasteiger partial charge in [0, 0.05) is 13.1 Å². The summed E-state index contributed by atoms with van der Waals surface area (Å²) in [6.45, 7) is 2.07. The van der Waals surface area contributed by atoms with Crippen LogP contribution < -0.4 is 5.73 Å². The molecule has 1 saturated heterocycles. The summed E-state index contributed by atoms with van der Waals surface area (Å²) in [7, 11) is 0. The van der Waals surface area contributed by atoms with Gasteiger partial charge in [-0.15, -0.1) is 12.4 Å². The van der Waals surface area contributed by atoms with Crippen LogP contribution in [-0.2, 0) is 11.2 Å². The lowest BCUT2D eigenvalue weighted by Gasteiger charge is -2.16. The van der Waals surface area contributed by atoms with E-state index in [1.165, 1.54) is 6.07 Å². The number of amides is 1. The second-order valence-corrected chi connectivity index (χ2v) is 4.50. The third-order valence-corrected chi connectivity index (χ3v) is 3.27. The average molecular weight is 273 g/mol. The van der Waals surface area contributed by atoms with Gasteiger partial charge in [-0.25, -0.2) is 4.39 Å². The number of nitrogens with two attached hydrogens (primary N) is 1. The molecule has 0 saturated carbocycles. The van der Waals surface area contributed by atoms with Crippen LogP contribution in [0.2, 0.25) is 0 Å². The third-order valence-electron chi connectivity index (χ3n) is 3.27. The summed E-state index contributed by atoms with van der Waals surface area (Å²) in [6.07, 6.45) is 1.10. The minimum Gasteiger partial charge on any atom is -0.342 e. The molecule has 2 rings (SSSR count). The molecule has 0 aromatic heterocycles. The van der Waals surface area contributed by atoms with Gasteiger partial charge < -0.3 is 10.6 Å². The van der Waals surface area contributed by atoms with Crippen molar-refractivity contribution in [3.05, 3.63) is 35.6 Å². The Hall–Kier alpha value is -1.13. The van der Waals surface area contributed by atoms with E-state index in [1.54, 1.807) is 23.1 Å². The maximum atomic E-state index is 13.4. The Labute approximate surface area is 113 Å². The first-order chi connectivity index (χ1) is 8.20. The summed E-state index contributed by atoms with van der Waals surface area (Å²) >= 11 is 0. The molecule has 0 aliphatic carbocycles. The molecule has 0 bridgehead atoms. The van der Waals surface area contributed by atoms with Gasteiger partial charge in [0.15, 0.2) is 0 Å². The molecular weight excluding hydrogens is 255 g/mol. The van der Waals surface area contributed by atoms with Crippen molar-refractivity contribution >= 4 is 18.3 Å². The van der Waals surface area contributed by atoms with Crippen LogP contribution in [0.4, 0.5) is 4.39 Å². The molecule has 1 amide bonds. The summed E-state index contributed by atoms with van der Waals surface area (Å²) < 4.78 is 13.4. The lowest BCUT2D eigenvalue weighted by Crippen LogP contribution is -2.31. The van der Waals surface area contributed by atoms with Crippen molar-refractivity contribution in [3.63, 3.8) is 0 Å². The van der Waals surface area contributed by atoms with Crippen molar-refractivity contribution in [2.24, 2.45) is 11.7 Å². The molecule has 1 aliphatic heterocycles. The highest BCUT2D eigenvalue weighted by molar-refractivity contribution is 5.85. The first kappa shape index (κ1) is 14.9. The van der Waals surface area contributed by atoms with Gasteiger partial charge in [-0.2, -0.15) is 0 Å². The predicted molar refractivity (Wildman–Crippen MR) is 71.1 cm³/mol. The Kier molecular flexibility index (Phi) is 5.56. The molecule has 2 N–H and O–H groups in total. The number of nitrogens with zero attached hydrogens (tertiary/aromatic N) is 1. The van der Waals surface area contributed by atoms with Crippen molar-refractivity contribution in [2.75, 3.05) is 19.6 Å². The van der Waals surface area contributed by atoms with Crippen LogP contribution in [0.25, 0.3) is 0 Å². The molecule has 1 aliphatic rings. The normalized spacial score (nSPS) is 18.6. The van der Waals surface area contributed by atoms with Crippen molar-refractivity contribution in [2.45, 2.75) is 12.8 Å². The van der Waals surface area contributed by atoms with Crippen molar-refractivity contribution < 1.29 is 9.18 Å². The number of hydrogen-bond acceptors (Lipinski definition) is 2. The van der Waals surface area contributed by atoms with Crippen molar-refractivity contribution in [1.82, 2.24) is 4.90 Å². The van der Waals surface area contributed by atoms with E-state index in [9.17, 15) is 9.18 Å². The lowest BCUT2D eigenvalue weighted by atomic mass is 10.1. The van der Waals surface area contributed by atoms with E-state index in [1.807, 2.05) is 0 Å². The minimum atomic E-state index is -0.310. The molecule has 1 aromatic rings. The highest BCUT2D eigenvalue weighted by Gasteiger charge is 2.25. The fraction of sp³-hybridized carbons (Fsp3) is 0.462. The van der Waals surface area contributed by atoms with Gasteiger partial charge in [0.1, 0.15) is 5.82 Å². The maximum absolute atomic E-state index is 13.4. The van der Waals surface area contributed by atoms with Crippen LogP contribution in [-0.4, -0.2) is 30.4 Å². The number of benzene rings is 1. The second kappa shape index (κ2) is 6.71. The van der Waals surface area contributed by atoms with E-state index in [-0.39, 0.29) is 30.6 Å². The van der Waals surface area contributed by atoms with Crippen molar-refractivity contribution in [3.8, 4) is 0 Å². The minimum absolute atomic E-state index is 0. The highest BCUT2D eigenvalue weighted by Crippen LogP contribution is 2.17. The van der Waals surface area contributed by atoms with Crippen LogP contribution in [0.3, 0.4) is 0 Å². The molecule has 3 nitrogen and oxygen atoms in total. The van der Waals surface area contributed by atoms with Crippen LogP contribution >= 0.6 is 12.4 Å². The zero-order valence-corrected chi connectivity index (χ0v) is 11.0. The Morgan fingerprint density at radius 1 is 1.44 bits per heavy atom. The van der Waals surface area contributed by atoms with Crippen LogP contribution in [0.5, 0.6) is 0 Å². The monoisotopic (exact) mass is 272 g/mol. The van der Waals surface area contributed by atoms with E-state index in [0.717, 1.165) is 13.0 Å². The van der Waals surface area contributed by atoms with E-state index in [4.69, 9.17) is 5.73 Å². The summed E-state index contributed by atoms with van der Waals surface area (Å²) in [5.41, 5.74) is 6.04. The first-order valence-electron chi connectivity index (χ1n) is 5.92. The Morgan fingerprint density at radius 3 is 2.78 bits per heavy atom. The lowest BCUT2D eigenvalue weighted by molar-refractivity contribution is -0.129. The molecule has 1 aromatic carbocycles. The fourth-order valence-electron chi connectivity index (χ4n) is 2.17. The molecule has 18 heavy (non-hydrogen) atoms. The largest absolute Gasteiger partial charge is 0.342 e. The summed E-state index contributed by atoms with van der Waals surface area (Å²) in [5, 5.41) is 0. The molecule has 1 atom stereocenters. The topological polar surface area (TPSA) is 46.3 Å². The SMILES string of the molecule is Cl.NCC1CCN(C(=O)Cc2ccccc2F)C1. The van der Waals surface area contributed by atoms with Crippen LogP contribution in [0, 0.1) is 11.7 Å². The van der Waals surface area contributed by atoms with Gasteiger partial charge in [0.05, 0.1) is 6.42 Å². The highest BCUT2D eigenvalue weighted by atomic mass is 35.5. The van der Waals surface area contributed by atoms with Gasteiger partial charge in [0.2, 0.25) is 5.91 Å². The van der Waals surface area contributed by atoms with Gasteiger partial charge in [0.25, 0.3) is 0 Å². The van der Waals surface area contributed by atoms with Crippen LogP contribution in [0.1, 0.15) is 12.0 Å². The molecule has 5 heteroatoms. The predicted octanol–water partition coefficient (Wildman–Crippen LogP) is 1.60. The molecule has 0 spiro atoms. The zero-order chi connectivity index (χ0) is 12.3. The Balaban J connectivity index is 0.00000162. The molecule has 1 heterocycles. The van der Waals surface area contributed by atoms with Crippen molar-refractivity contribution in [1.29, 1.82) is 0 Å². The smallest absolute Gasteiger partial charge is 0.227 e. The quantitative estimate of drug-likeness (QED) is 0.908. The van der Waals surface area contributed by atoms with E-state index < -0.39 is 0 Å². The number of carbonyl (C=O) groups excluding carboxylic acids is 1.